The van der Waals surface area contributed by atoms with Crippen molar-refractivity contribution in [2.45, 2.75) is 6.92 Å². The van der Waals surface area contributed by atoms with Gasteiger partial charge >= 0.3 is 0 Å². The fourth-order valence-corrected chi connectivity index (χ4v) is 3.05. The maximum Gasteiger partial charge on any atom is 0.254 e. The number of carbonyl (C=O) groups excluding carboxylic acids is 2. The minimum Gasteiger partial charge on any atom is -0.368 e. The molecule has 0 unspecified atom stereocenters. The molecule has 2 amide bonds. The van der Waals surface area contributed by atoms with Gasteiger partial charge in [-0.3, -0.25) is 9.59 Å². The molecule has 5 nitrogen and oxygen atoms in total. The number of carbonyl (C=O) groups is 2. The van der Waals surface area contributed by atoms with E-state index in [4.69, 9.17) is 0 Å². The molecule has 0 saturated carbocycles. The first kappa shape index (κ1) is 17.9. The van der Waals surface area contributed by atoms with E-state index in [0.29, 0.717) is 13.1 Å². The Balaban J connectivity index is 1.49. The molecule has 0 aliphatic carbocycles. The van der Waals surface area contributed by atoms with E-state index in [1.807, 2.05) is 6.07 Å². The third kappa shape index (κ3) is 4.20. The van der Waals surface area contributed by atoms with E-state index < -0.39 is 11.7 Å². The second-order valence-corrected chi connectivity index (χ2v) is 6.37. The SMILES string of the molecule is Cc1cccc(N2CCN(C(=O)CNC(=O)c3ccccc3F)CC2)c1. The summed E-state index contributed by atoms with van der Waals surface area (Å²) in [6.07, 6.45) is 0. The molecular weight excluding hydrogens is 333 g/mol. The Bertz CT molecular complexity index is 801. The highest BCUT2D eigenvalue weighted by molar-refractivity contribution is 5.96. The van der Waals surface area contributed by atoms with Gasteiger partial charge in [-0.1, -0.05) is 24.3 Å². The van der Waals surface area contributed by atoms with Gasteiger partial charge in [-0.15, -0.1) is 0 Å². The van der Waals surface area contributed by atoms with Crippen LogP contribution in [0.2, 0.25) is 0 Å². The van der Waals surface area contributed by atoms with Gasteiger partial charge in [0.2, 0.25) is 5.91 Å². The summed E-state index contributed by atoms with van der Waals surface area (Å²) < 4.78 is 13.6. The molecule has 2 aromatic carbocycles. The van der Waals surface area contributed by atoms with E-state index in [-0.39, 0.29) is 18.0 Å². The van der Waals surface area contributed by atoms with E-state index >= 15 is 0 Å². The van der Waals surface area contributed by atoms with E-state index in [1.165, 1.54) is 23.8 Å². The Kier molecular flexibility index (Phi) is 5.51. The number of piperazine rings is 1. The highest BCUT2D eigenvalue weighted by Gasteiger charge is 2.22. The predicted octanol–water partition coefficient (Wildman–Crippen LogP) is 2.21. The summed E-state index contributed by atoms with van der Waals surface area (Å²) in [5.74, 6) is -1.32. The average molecular weight is 355 g/mol. The van der Waals surface area contributed by atoms with Crippen molar-refractivity contribution in [1.29, 1.82) is 0 Å². The topological polar surface area (TPSA) is 52.6 Å². The van der Waals surface area contributed by atoms with Gasteiger partial charge in [0.05, 0.1) is 12.1 Å². The lowest BCUT2D eigenvalue weighted by Crippen LogP contribution is -2.51. The minimum absolute atomic E-state index is 0.0513. The third-order valence-corrected chi connectivity index (χ3v) is 4.52. The molecule has 1 aliphatic heterocycles. The number of amides is 2. The van der Waals surface area contributed by atoms with Crippen LogP contribution in [-0.2, 0) is 4.79 Å². The van der Waals surface area contributed by atoms with Crippen LogP contribution >= 0.6 is 0 Å². The van der Waals surface area contributed by atoms with Crippen LogP contribution in [0.15, 0.2) is 48.5 Å². The van der Waals surface area contributed by atoms with Gasteiger partial charge in [-0.25, -0.2) is 4.39 Å². The molecule has 3 rings (SSSR count). The molecule has 1 fully saturated rings. The van der Waals surface area contributed by atoms with Crippen molar-refractivity contribution in [2.75, 3.05) is 37.6 Å². The molecule has 0 bridgehead atoms. The zero-order valence-electron chi connectivity index (χ0n) is 14.7. The van der Waals surface area contributed by atoms with Crippen molar-refractivity contribution < 1.29 is 14.0 Å². The molecular formula is C20H22FN3O2. The standard InChI is InChI=1S/C20H22FN3O2/c1-15-5-4-6-16(13-15)23-9-11-24(12-10-23)19(25)14-22-20(26)17-7-2-3-8-18(17)21/h2-8,13H,9-12,14H2,1H3,(H,22,26). The normalized spacial score (nSPS) is 14.2. The van der Waals surface area contributed by atoms with Gasteiger partial charge in [-0.2, -0.15) is 0 Å². The van der Waals surface area contributed by atoms with Crippen LogP contribution in [0.25, 0.3) is 0 Å². The zero-order chi connectivity index (χ0) is 18.5. The van der Waals surface area contributed by atoms with Crippen LogP contribution < -0.4 is 10.2 Å². The van der Waals surface area contributed by atoms with E-state index in [1.54, 1.807) is 11.0 Å². The van der Waals surface area contributed by atoms with Crippen molar-refractivity contribution in [2.24, 2.45) is 0 Å². The van der Waals surface area contributed by atoms with Crippen molar-refractivity contribution in [3.63, 3.8) is 0 Å². The van der Waals surface area contributed by atoms with Gasteiger partial charge in [0.15, 0.2) is 0 Å². The molecule has 0 radical (unpaired) electrons. The highest BCUT2D eigenvalue weighted by Crippen LogP contribution is 2.17. The number of rotatable bonds is 4. The Morgan fingerprint density at radius 1 is 1.04 bits per heavy atom. The molecule has 1 saturated heterocycles. The molecule has 1 heterocycles. The number of hydrogen-bond acceptors (Lipinski definition) is 3. The first-order chi connectivity index (χ1) is 12.5. The second kappa shape index (κ2) is 7.99. The molecule has 1 aliphatic rings. The van der Waals surface area contributed by atoms with E-state index in [0.717, 1.165) is 18.8 Å². The van der Waals surface area contributed by atoms with Crippen LogP contribution in [0.1, 0.15) is 15.9 Å². The lowest BCUT2D eigenvalue weighted by atomic mass is 10.2. The van der Waals surface area contributed by atoms with E-state index in [2.05, 4.69) is 35.3 Å². The maximum atomic E-state index is 13.6. The molecule has 0 atom stereocenters. The van der Waals surface area contributed by atoms with Crippen molar-refractivity contribution in [3.8, 4) is 0 Å². The van der Waals surface area contributed by atoms with Crippen LogP contribution in [0.4, 0.5) is 10.1 Å². The van der Waals surface area contributed by atoms with Gasteiger partial charge < -0.3 is 15.1 Å². The summed E-state index contributed by atoms with van der Waals surface area (Å²) in [5.41, 5.74) is 2.31. The fraction of sp³-hybridized carbons (Fsp3) is 0.300. The molecule has 136 valence electrons. The lowest BCUT2D eigenvalue weighted by Gasteiger charge is -2.36. The number of benzene rings is 2. The van der Waals surface area contributed by atoms with Crippen molar-refractivity contribution in [1.82, 2.24) is 10.2 Å². The minimum atomic E-state index is -0.593. The average Bonchev–Trinajstić information content (AvgIpc) is 2.66. The lowest BCUT2D eigenvalue weighted by molar-refractivity contribution is -0.130. The summed E-state index contributed by atoms with van der Waals surface area (Å²) in [7, 11) is 0. The number of nitrogens with one attached hydrogen (secondary N) is 1. The van der Waals surface area contributed by atoms with Gasteiger partial charge in [0.1, 0.15) is 5.82 Å². The van der Waals surface area contributed by atoms with Crippen LogP contribution in [0.5, 0.6) is 0 Å². The number of hydrogen-bond donors (Lipinski definition) is 1. The maximum absolute atomic E-state index is 13.6. The monoisotopic (exact) mass is 355 g/mol. The van der Waals surface area contributed by atoms with Crippen LogP contribution in [0.3, 0.4) is 0 Å². The van der Waals surface area contributed by atoms with Gasteiger partial charge in [0.25, 0.3) is 5.91 Å². The second-order valence-electron chi connectivity index (χ2n) is 6.37. The smallest absolute Gasteiger partial charge is 0.254 e. The number of anilines is 1. The van der Waals surface area contributed by atoms with Crippen LogP contribution in [-0.4, -0.2) is 49.4 Å². The van der Waals surface area contributed by atoms with E-state index in [9.17, 15) is 14.0 Å². The Hall–Kier alpha value is -2.89. The van der Waals surface area contributed by atoms with Gasteiger partial charge in [-0.05, 0) is 36.8 Å². The first-order valence-corrected chi connectivity index (χ1v) is 8.67. The van der Waals surface area contributed by atoms with Crippen LogP contribution in [0, 0.1) is 12.7 Å². The Morgan fingerprint density at radius 3 is 2.46 bits per heavy atom. The zero-order valence-corrected chi connectivity index (χ0v) is 14.7. The summed E-state index contributed by atoms with van der Waals surface area (Å²) in [6.45, 7) is 4.62. The van der Waals surface area contributed by atoms with Crippen molar-refractivity contribution in [3.05, 3.63) is 65.5 Å². The summed E-state index contributed by atoms with van der Waals surface area (Å²) in [4.78, 5) is 28.3. The predicted molar refractivity (Wildman–Crippen MR) is 98.7 cm³/mol. The largest absolute Gasteiger partial charge is 0.368 e. The highest BCUT2D eigenvalue weighted by atomic mass is 19.1. The Labute approximate surface area is 152 Å². The quantitative estimate of drug-likeness (QED) is 0.915. The summed E-state index contributed by atoms with van der Waals surface area (Å²) >= 11 is 0. The fourth-order valence-electron chi connectivity index (χ4n) is 3.05. The molecule has 6 heteroatoms. The Morgan fingerprint density at radius 2 is 1.77 bits per heavy atom. The third-order valence-electron chi connectivity index (χ3n) is 4.52. The number of halogens is 1. The molecule has 0 spiro atoms. The summed E-state index contributed by atoms with van der Waals surface area (Å²) in [6, 6.07) is 14.0. The number of aryl methyl sites for hydroxylation is 1. The molecule has 0 aromatic heterocycles. The molecule has 2 aromatic rings. The molecule has 1 N–H and O–H groups in total. The van der Waals surface area contributed by atoms with Gasteiger partial charge in [0, 0.05) is 31.9 Å². The van der Waals surface area contributed by atoms with Crippen molar-refractivity contribution >= 4 is 17.5 Å². The summed E-state index contributed by atoms with van der Waals surface area (Å²) in [5, 5.41) is 2.50. The first-order valence-electron chi connectivity index (χ1n) is 8.67. The number of nitrogens with zero attached hydrogens (tertiary/aromatic N) is 2. The molecule has 26 heavy (non-hydrogen) atoms.